The zero-order chi connectivity index (χ0) is 11.7. The lowest BCUT2D eigenvalue weighted by Crippen LogP contribution is -2.14. The highest BCUT2D eigenvalue weighted by molar-refractivity contribution is 6.30. The fourth-order valence-electron chi connectivity index (χ4n) is 2.36. The van der Waals surface area contributed by atoms with Crippen molar-refractivity contribution in [3.63, 3.8) is 0 Å². The van der Waals surface area contributed by atoms with Crippen molar-refractivity contribution < 1.29 is 0 Å². The van der Waals surface area contributed by atoms with Gasteiger partial charge in [-0.05, 0) is 32.2 Å². The molecular weight excluding hydrogens is 222 g/mol. The number of aryl methyl sites for hydroxylation is 1. The third-order valence-corrected chi connectivity index (χ3v) is 3.45. The lowest BCUT2D eigenvalue weighted by molar-refractivity contribution is 0.481. The van der Waals surface area contributed by atoms with Crippen molar-refractivity contribution in [1.82, 2.24) is 15.1 Å². The largest absolute Gasteiger partial charge is 0.310 e. The monoisotopic (exact) mass is 241 g/mol. The number of hydrogen-bond acceptors (Lipinski definition) is 2. The summed E-state index contributed by atoms with van der Waals surface area (Å²) in [7, 11) is 0. The van der Waals surface area contributed by atoms with Crippen LogP contribution in [0.1, 0.15) is 44.0 Å². The van der Waals surface area contributed by atoms with E-state index in [9.17, 15) is 0 Å². The van der Waals surface area contributed by atoms with Gasteiger partial charge in [-0.25, -0.2) is 0 Å². The van der Waals surface area contributed by atoms with Gasteiger partial charge in [0.25, 0.3) is 0 Å². The quantitative estimate of drug-likeness (QED) is 0.882. The third kappa shape index (κ3) is 2.25. The molecule has 4 heteroatoms. The lowest BCUT2D eigenvalue weighted by atomic mass is 10.1. The van der Waals surface area contributed by atoms with Crippen LogP contribution >= 0.6 is 11.6 Å². The molecule has 1 saturated heterocycles. The normalized spacial score (nSPS) is 20.9. The first-order valence-electron chi connectivity index (χ1n) is 6.05. The second-order valence-electron chi connectivity index (χ2n) is 5.01. The second kappa shape index (κ2) is 4.76. The van der Waals surface area contributed by atoms with E-state index in [2.05, 4.69) is 31.2 Å². The van der Waals surface area contributed by atoms with Crippen LogP contribution in [0, 0.1) is 12.8 Å². The van der Waals surface area contributed by atoms with Crippen molar-refractivity contribution in [3.05, 3.63) is 16.4 Å². The molecule has 0 amide bonds. The number of rotatable bonds is 3. The van der Waals surface area contributed by atoms with Crippen molar-refractivity contribution in [1.29, 1.82) is 0 Å². The van der Waals surface area contributed by atoms with Gasteiger partial charge in [-0.2, -0.15) is 5.10 Å². The predicted molar refractivity (Wildman–Crippen MR) is 66.8 cm³/mol. The Kier molecular flexibility index (Phi) is 3.55. The summed E-state index contributed by atoms with van der Waals surface area (Å²) in [6, 6.07) is 0.411. The first-order valence-corrected chi connectivity index (χ1v) is 6.43. The number of nitrogens with zero attached hydrogens (tertiary/aromatic N) is 2. The maximum atomic E-state index is 6.41. The van der Waals surface area contributed by atoms with Crippen LogP contribution in [-0.4, -0.2) is 16.3 Å². The highest BCUT2D eigenvalue weighted by Gasteiger charge is 2.24. The van der Waals surface area contributed by atoms with Crippen LogP contribution < -0.4 is 5.32 Å². The summed E-state index contributed by atoms with van der Waals surface area (Å²) >= 11 is 6.41. The summed E-state index contributed by atoms with van der Waals surface area (Å²) in [6.45, 7) is 8.40. The van der Waals surface area contributed by atoms with Crippen LogP contribution in [0.4, 0.5) is 0 Å². The molecule has 0 spiro atoms. The average Bonchev–Trinajstić information content (AvgIpc) is 2.76. The van der Waals surface area contributed by atoms with Gasteiger partial charge in [-0.15, -0.1) is 0 Å². The molecule has 1 aromatic rings. The van der Waals surface area contributed by atoms with Crippen molar-refractivity contribution in [2.45, 2.75) is 46.2 Å². The number of halogens is 1. The first-order chi connectivity index (χ1) is 7.59. The summed E-state index contributed by atoms with van der Waals surface area (Å²) in [4.78, 5) is 0. The van der Waals surface area contributed by atoms with E-state index in [0.29, 0.717) is 12.0 Å². The molecule has 1 aliphatic rings. The molecule has 1 atom stereocenters. The first kappa shape index (κ1) is 11.9. The van der Waals surface area contributed by atoms with E-state index in [1.165, 1.54) is 18.4 Å². The molecule has 90 valence electrons. The van der Waals surface area contributed by atoms with Gasteiger partial charge in [0.2, 0.25) is 0 Å². The van der Waals surface area contributed by atoms with Gasteiger partial charge < -0.3 is 5.32 Å². The zero-order valence-corrected chi connectivity index (χ0v) is 11.0. The van der Waals surface area contributed by atoms with Crippen molar-refractivity contribution in [2.24, 2.45) is 5.92 Å². The molecule has 1 fully saturated rings. The summed E-state index contributed by atoms with van der Waals surface area (Å²) in [5.74, 6) is 0.571. The average molecular weight is 242 g/mol. The smallest absolute Gasteiger partial charge is 0.132 e. The second-order valence-corrected chi connectivity index (χ2v) is 5.37. The van der Waals surface area contributed by atoms with Gasteiger partial charge in [0.1, 0.15) is 5.15 Å². The Morgan fingerprint density at radius 1 is 1.56 bits per heavy atom. The maximum absolute atomic E-state index is 6.41. The van der Waals surface area contributed by atoms with Crippen molar-refractivity contribution in [2.75, 3.05) is 6.54 Å². The molecule has 0 bridgehead atoms. The van der Waals surface area contributed by atoms with Gasteiger partial charge in [-0.1, -0.05) is 25.4 Å². The van der Waals surface area contributed by atoms with Crippen LogP contribution in [-0.2, 0) is 6.54 Å². The summed E-state index contributed by atoms with van der Waals surface area (Å²) in [5.41, 5.74) is 2.28. The lowest BCUT2D eigenvalue weighted by Gasteiger charge is -2.10. The van der Waals surface area contributed by atoms with Gasteiger partial charge >= 0.3 is 0 Å². The number of nitrogens with one attached hydrogen (secondary N) is 1. The number of aromatic nitrogens is 2. The molecule has 0 radical (unpaired) electrons. The van der Waals surface area contributed by atoms with E-state index in [1.54, 1.807) is 0 Å². The molecule has 0 aliphatic carbocycles. The summed E-state index contributed by atoms with van der Waals surface area (Å²) in [6.07, 6.45) is 2.41. The Morgan fingerprint density at radius 3 is 2.88 bits per heavy atom. The van der Waals surface area contributed by atoms with Crippen molar-refractivity contribution in [3.8, 4) is 0 Å². The van der Waals surface area contributed by atoms with Crippen LogP contribution in [0.5, 0.6) is 0 Å². The molecule has 16 heavy (non-hydrogen) atoms. The molecular formula is C12H20ClN3. The van der Waals surface area contributed by atoms with Gasteiger partial charge in [0, 0.05) is 18.2 Å². The Bertz CT molecular complexity index is 365. The fraction of sp³-hybridized carbons (Fsp3) is 0.750. The topological polar surface area (TPSA) is 29.9 Å². The van der Waals surface area contributed by atoms with Crippen LogP contribution in [0.2, 0.25) is 5.15 Å². The van der Waals surface area contributed by atoms with E-state index in [4.69, 9.17) is 11.6 Å². The Morgan fingerprint density at radius 2 is 2.31 bits per heavy atom. The van der Waals surface area contributed by atoms with E-state index >= 15 is 0 Å². The molecule has 0 unspecified atom stereocenters. The van der Waals surface area contributed by atoms with Crippen LogP contribution in [0.15, 0.2) is 0 Å². The summed E-state index contributed by atoms with van der Waals surface area (Å²) < 4.78 is 1.94. The number of hydrogen-bond donors (Lipinski definition) is 1. The van der Waals surface area contributed by atoms with Gasteiger partial charge in [0.15, 0.2) is 0 Å². The van der Waals surface area contributed by atoms with E-state index in [0.717, 1.165) is 23.9 Å². The minimum absolute atomic E-state index is 0.411. The maximum Gasteiger partial charge on any atom is 0.132 e. The molecule has 2 rings (SSSR count). The molecule has 1 aliphatic heterocycles. The molecule has 3 nitrogen and oxygen atoms in total. The third-order valence-electron chi connectivity index (χ3n) is 3.06. The molecule has 2 heterocycles. The van der Waals surface area contributed by atoms with Crippen LogP contribution in [0.25, 0.3) is 0 Å². The van der Waals surface area contributed by atoms with E-state index in [1.807, 2.05) is 4.68 Å². The minimum Gasteiger partial charge on any atom is -0.310 e. The molecule has 0 saturated carbocycles. The van der Waals surface area contributed by atoms with Crippen LogP contribution in [0.3, 0.4) is 0 Å². The van der Waals surface area contributed by atoms with E-state index in [-0.39, 0.29) is 0 Å². The summed E-state index contributed by atoms with van der Waals surface area (Å²) in [5, 5.41) is 8.85. The standard InChI is InChI=1S/C12H20ClN3/c1-8(2)7-16-12(13)11(9(3)15-16)10-5-4-6-14-10/h8,10,14H,4-7H2,1-3H3/t10-/m0/s1. The highest BCUT2D eigenvalue weighted by atomic mass is 35.5. The van der Waals surface area contributed by atoms with Crippen molar-refractivity contribution >= 4 is 11.6 Å². The zero-order valence-electron chi connectivity index (χ0n) is 10.3. The Labute approximate surface area is 102 Å². The molecule has 1 N–H and O–H groups in total. The minimum atomic E-state index is 0.411. The molecule has 0 aromatic carbocycles. The highest BCUT2D eigenvalue weighted by Crippen LogP contribution is 2.31. The SMILES string of the molecule is Cc1nn(CC(C)C)c(Cl)c1[C@@H]1CCCN1. The van der Waals surface area contributed by atoms with Gasteiger partial charge in [0.05, 0.1) is 5.69 Å². The Hall–Kier alpha value is -0.540. The molecule has 1 aromatic heterocycles. The predicted octanol–water partition coefficient (Wildman–Crippen LogP) is 2.93. The Balaban J connectivity index is 2.27. The fourth-order valence-corrected chi connectivity index (χ4v) is 2.74. The van der Waals surface area contributed by atoms with E-state index < -0.39 is 0 Å². The van der Waals surface area contributed by atoms with Gasteiger partial charge in [-0.3, -0.25) is 4.68 Å².